The second-order valence-corrected chi connectivity index (χ2v) is 5.88. The molecular formula is C16H16BrN3O. The first-order valence-corrected chi connectivity index (χ1v) is 7.80. The zero-order valence-electron chi connectivity index (χ0n) is 11.6. The van der Waals surface area contributed by atoms with Crippen LogP contribution in [0.5, 0.6) is 0 Å². The molecule has 0 bridgehead atoms. The third kappa shape index (κ3) is 3.24. The van der Waals surface area contributed by atoms with Gasteiger partial charge < -0.3 is 10.2 Å². The van der Waals surface area contributed by atoms with Crippen LogP contribution in [-0.2, 0) is 0 Å². The Hall–Kier alpha value is -1.88. The Morgan fingerprint density at radius 3 is 2.57 bits per heavy atom. The number of hydrogen-bond acceptors (Lipinski definition) is 3. The molecule has 1 N–H and O–H groups in total. The summed E-state index contributed by atoms with van der Waals surface area (Å²) in [6.45, 7) is 2.18. The molecule has 1 saturated heterocycles. The van der Waals surface area contributed by atoms with E-state index in [1.807, 2.05) is 36.5 Å². The van der Waals surface area contributed by atoms with Crippen molar-refractivity contribution in [2.45, 2.75) is 12.8 Å². The summed E-state index contributed by atoms with van der Waals surface area (Å²) < 4.78 is 0.774. The number of nitrogens with one attached hydrogen (secondary N) is 1. The van der Waals surface area contributed by atoms with Crippen molar-refractivity contribution in [1.82, 2.24) is 4.98 Å². The fourth-order valence-electron chi connectivity index (χ4n) is 2.45. The Balaban J connectivity index is 1.70. The number of aromatic nitrogens is 1. The van der Waals surface area contributed by atoms with Crippen LogP contribution in [0, 0.1) is 0 Å². The predicted octanol–water partition coefficient (Wildman–Crippen LogP) is 3.70. The molecule has 1 aliphatic heterocycles. The summed E-state index contributed by atoms with van der Waals surface area (Å²) in [6, 6.07) is 11.2. The topological polar surface area (TPSA) is 45.2 Å². The van der Waals surface area contributed by atoms with Crippen LogP contribution in [0.3, 0.4) is 0 Å². The molecule has 1 aromatic carbocycles. The van der Waals surface area contributed by atoms with Gasteiger partial charge in [-0.05, 0) is 53.0 Å². The molecule has 1 amide bonds. The number of carbonyl (C=O) groups is 1. The Morgan fingerprint density at radius 1 is 1.14 bits per heavy atom. The number of pyridine rings is 1. The maximum Gasteiger partial charge on any atom is 0.257 e. The van der Waals surface area contributed by atoms with Crippen LogP contribution in [0.15, 0.2) is 47.1 Å². The van der Waals surface area contributed by atoms with E-state index in [1.165, 1.54) is 12.8 Å². The van der Waals surface area contributed by atoms with E-state index in [0.717, 1.165) is 23.2 Å². The molecule has 3 rings (SSSR count). The average Bonchev–Trinajstić information content (AvgIpc) is 3.02. The maximum absolute atomic E-state index is 12.2. The van der Waals surface area contributed by atoms with Gasteiger partial charge in [0.25, 0.3) is 5.91 Å². The van der Waals surface area contributed by atoms with Crippen LogP contribution in [-0.4, -0.2) is 24.0 Å². The van der Waals surface area contributed by atoms with Gasteiger partial charge in [-0.15, -0.1) is 0 Å². The summed E-state index contributed by atoms with van der Waals surface area (Å²) in [4.78, 5) is 18.8. The molecule has 0 saturated carbocycles. The fraction of sp³-hybridized carbons (Fsp3) is 0.250. The van der Waals surface area contributed by atoms with Crippen molar-refractivity contribution in [2.75, 3.05) is 23.3 Å². The smallest absolute Gasteiger partial charge is 0.257 e. The van der Waals surface area contributed by atoms with Crippen molar-refractivity contribution in [3.05, 3.63) is 52.6 Å². The first kappa shape index (κ1) is 14.1. The first-order chi connectivity index (χ1) is 10.2. The van der Waals surface area contributed by atoms with Gasteiger partial charge in [0.15, 0.2) is 0 Å². The molecule has 0 spiro atoms. The van der Waals surface area contributed by atoms with E-state index in [0.29, 0.717) is 11.4 Å². The van der Waals surface area contributed by atoms with E-state index in [2.05, 4.69) is 31.1 Å². The van der Waals surface area contributed by atoms with Crippen molar-refractivity contribution in [3.63, 3.8) is 0 Å². The lowest BCUT2D eigenvalue weighted by Gasteiger charge is -2.17. The van der Waals surface area contributed by atoms with Gasteiger partial charge in [-0.3, -0.25) is 4.79 Å². The summed E-state index contributed by atoms with van der Waals surface area (Å²) in [5.74, 6) is 0.405. The molecule has 0 radical (unpaired) electrons. The van der Waals surface area contributed by atoms with Gasteiger partial charge in [0.2, 0.25) is 0 Å². The van der Waals surface area contributed by atoms with Gasteiger partial charge in [-0.1, -0.05) is 12.1 Å². The highest BCUT2D eigenvalue weighted by Crippen LogP contribution is 2.21. The molecule has 5 heteroatoms. The highest BCUT2D eigenvalue weighted by Gasteiger charge is 2.13. The second kappa shape index (κ2) is 6.26. The normalized spacial score (nSPS) is 14.2. The zero-order valence-corrected chi connectivity index (χ0v) is 13.1. The van der Waals surface area contributed by atoms with Crippen LogP contribution in [0.4, 0.5) is 11.5 Å². The molecular weight excluding hydrogens is 330 g/mol. The van der Waals surface area contributed by atoms with Gasteiger partial charge in [0, 0.05) is 17.6 Å². The Kier molecular flexibility index (Phi) is 4.20. The van der Waals surface area contributed by atoms with Gasteiger partial charge in [-0.2, -0.15) is 0 Å². The molecule has 0 unspecified atom stereocenters. The van der Waals surface area contributed by atoms with Crippen molar-refractivity contribution in [2.24, 2.45) is 0 Å². The van der Waals surface area contributed by atoms with E-state index < -0.39 is 0 Å². The molecule has 108 valence electrons. The van der Waals surface area contributed by atoms with Gasteiger partial charge >= 0.3 is 0 Å². The summed E-state index contributed by atoms with van der Waals surface area (Å²) >= 11 is 3.38. The number of amides is 1. The minimum atomic E-state index is -0.163. The van der Waals surface area contributed by atoms with E-state index in [9.17, 15) is 4.79 Å². The number of benzene rings is 1. The zero-order chi connectivity index (χ0) is 14.7. The number of rotatable bonds is 3. The van der Waals surface area contributed by atoms with Crippen molar-refractivity contribution >= 4 is 33.3 Å². The minimum absolute atomic E-state index is 0.163. The molecule has 2 heterocycles. The lowest BCUT2D eigenvalue weighted by atomic mass is 10.2. The minimum Gasteiger partial charge on any atom is -0.370 e. The lowest BCUT2D eigenvalue weighted by molar-refractivity contribution is 0.102. The number of hydrogen-bond donors (Lipinski definition) is 1. The SMILES string of the molecule is O=C(Nc1ccc(N2CCCC2)cn1)c1ccccc1Br. The monoisotopic (exact) mass is 345 g/mol. The van der Waals surface area contributed by atoms with E-state index in [4.69, 9.17) is 0 Å². The number of nitrogens with zero attached hydrogens (tertiary/aromatic N) is 2. The van der Waals surface area contributed by atoms with Crippen LogP contribution in [0.25, 0.3) is 0 Å². The highest BCUT2D eigenvalue weighted by molar-refractivity contribution is 9.10. The maximum atomic E-state index is 12.2. The van der Waals surface area contributed by atoms with Gasteiger partial charge in [0.05, 0.1) is 17.4 Å². The van der Waals surface area contributed by atoms with Crippen LogP contribution in [0.1, 0.15) is 23.2 Å². The summed E-state index contributed by atoms with van der Waals surface area (Å²) in [5, 5.41) is 2.82. The first-order valence-electron chi connectivity index (χ1n) is 7.01. The fourth-order valence-corrected chi connectivity index (χ4v) is 2.92. The molecule has 0 atom stereocenters. The predicted molar refractivity (Wildman–Crippen MR) is 87.8 cm³/mol. The van der Waals surface area contributed by atoms with Crippen molar-refractivity contribution < 1.29 is 4.79 Å². The van der Waals surface area contributed by atoms with Crippen molar-refractivity contribution in [1.29, 1.82) is 0 Å². The van der Waals surface area contributed by atoms with E-state index >= 15 is 0 Å². The Labute approximate surface area is 132 Å². The number of anilines is 2. The standard InChI is InChI=1S/C16H16BrN3O/c17-14-6-2-1-5-13(14)16(21)19-15-8-7-12(11-18-15)20-9-3-4-10-20/h1-2,5-8,11H,3-4,9-10H2,(H,18,19,21). The molecule has 1 fully saturated rings. The van der Waals surface area contributed by atoms with Crippen LogP contribution < -0.4 is 10.2 Å². The summed E-state index contributed by atoms with van der Waals surface area (Å²) in [7, 11) is 0. The van der Waals surface area contributed by atoms with Crippen molar-refractivity contribution in [3.8, 4) is 0 Å². The molecule has 1 aromatic heterocycles. The summed E-state index contributed by atoms with van der Waals surface area (Å²) in [5.41, 5.74) is 1.72. The molecule has 0 aliphatic carbocycles. The molecule has 4 nitrogen and oxygen atoms in total. The third-order valence-corrected chi connectivity index (χ3v) is 4.27. The van der Waals surface area contributed by atoms with E-state index in [1.54, 1.807) is 6.07 Å². The largest absolute Gasteiger partial charge is 0.370 e. The van der Waals surface area contributed by atoms with Crippen LogP contribution >= 0.6 is 15.9 Å². The lowest BCUT2D eigenvalue weighted by Crippen LogP contribution is -2.18. The van der Waals surface area contributed by atoms with Gasteiger partial charge in [0.1, 0.15) is 5.82 Å². The third-order valence-electron chi connectivity index (χ3n) is 3.58. The number of halogens is 1. The summed E-state index contributed by atoms with van der Waals surface area (Å²) in [6.07, 6.45) is 4.29. The molecule has 2 aromatic rings. The average molecular weight is 346 g/mol. The number of carbonyl (C=O) groups excluding carboxylic acids is 1. The van der Waals surface area contributed by atoms with E-state index in [-0.39, 0.29) is 5.91 Å². The quantitative estimate of drug-likeness (QED) is 0.922. The second-order valence-electron chi connectivity index (χ2n) is 5.03. The molecule has 1 aliphatic rings. The molecule has 21 heavy (non-hydrogen) atoms. The Bertz CT molecular complexity index is 636. The van der Waals surface area contributed by atoms with Crippen LogP contribution in [0.2, 0.25) is 0 Å². The highest BCUT2D eigenvalue weighted by atomic mass is 79.9. The Morgan fingerprint density at radius 2 is 1.90 bits per heavy atom. The van der Waals surface area contributed by atoms with Gasteiger partial charge in [-0.25, -0.2) is 4.98 Å².